The molecule has 1 atom stereocenters. The smallest absolute Gasteiger partial charge is 0.0451 e. The van der Waals surface area contributed by atoms with E-state index in [1.807, 2.05) is 19.2 Å². The maximum absolute atomic E-state index is 4.24. The number of benzene rings is 1. The Labute approximate surface area is 74.0 Å². The van der Waals surface area contributed by atoms with E-state index in [1.54, 1.807) is 0 Å². The molecule has 0 fully saturated rings. The molecule has 0 bridgehead atoms. The predicted octanol–water partition coefficient (Wildman–Crippen LogP) is 2.04. The van der Waals surface area contributed by atoms with Crippen molar-refractivity contribution in [2.75, 3.05) is 0 Å². The lowest BCUT2D eigenvalue weighted by Crippen LogP contribution is -1.94. The molecule has 12 heavy (non-hydrogen) atoms. The molecule has 0 aliphatic rings. The van der Waals surface area contributed by atoms with E-state index in [0.29, 0.717) is 0 Å². The fraction of sp³-hybridized carbons (Fsp3) is 0.100. The zero-order valence-electron chi connectivity index (χ0n) is 6.91. The molecule has 0 saturated heterocycles. The van der Waals surface area contributed by atoms with Crippen molar-refractivity contribution in [1.29, 1.82) is 0 Å². The van der Waals surface area contributed by atoms with Crippen LogP contribution in [-0.4, -0.2) is 4.98 Å². The quantitative estimate of drug-likeness (QED) is 0.558. The van der Waals surface area contributed by atoms with Gasteiger partial charge in [0.2, 0.25) is 0 Å². The lowest BCUT2D eigenvalue weighted by Gasteiger charge is -2.02. The molecule has 1 aromatic heterocycles. The molecule has 0 saturated carbocycles. The van der Waals surface area contributed by atoms with Gasteiger partial charge < -0.3 is 0 Å². The Kier molecular flexibility index (Phi) is 1.82. The van der Waals surface area contributed by atoms with Crippen LogP contribution in [-0.2, 0) is 0 Å². The number of fused-ring (bicyclic) bond motifs is 1. The number of aryl methyl sites for hydroxylation is 1. The number of aromatic nitrogens is 1. The fourth-order valence-corrected chi connectivity index (χ4v) is 1.74. The number of hydrogen-bond acceptors (Lipinski definition) is 1. The summed E-state index contributed by atoms with van der Waals surface area (Å²) in [4.78, 5) is 4.24. The first-order valence-corrected chi connectivity index (χ1v) is 4.46. The van der Waals surface area contributed by atoms with Crippen molar-refractivity contribution in [2.45, 2.75) is 6.92 Å². The molecule has 0 radical (unpaired) electrons. The molecule has 1 heterocycles. The van der Waals surface area contributed by atoms with E-state index >= 15 is 0 Å². The number of nitrogens with zero attached hydrogens (tertiary/aromatic N) is 1. The van der Waals surface area contributed by atoms with Gasteiger partial charge in [0.15, 0.2) is 0 Å². The standard InChI is InChI=1S/C10H10NP/c1-7-8-3-2-4-10(12)9(8)5-6-11-7/h2-6H,12H2,1H3. The second-order valence-corrected chi connectivity index (χ2v) is 3.46. The van der Waals surface area contributed by atoms with E-state index in [1.165, 1.54) is 16.1 Å². The summed E-state index contributed by atoms with van der Waals surface area (Å²) in [6.07, 6.45) is 1.85. The molecule has 0 aliphatic carbocycles. The fourth-order valence-electron chi connectivity index (χ4n) is 1.38. The van der Waals surface area contributed by atoms with E-state index in [0.717, 1.165) is 5.69 Å². The lowest BCUT2D eigenvalue weighted by atomic mass is 10.1. The van der Waals surface area contributed by atoms with E-state index in [-0.39, 0.29) is 0 Å². The first-order valence-electron chi connectivity index (χ1n) is 3.89. The minimum Gasteiger partial charge on any atom is -0.261 e. The van der Waals surface area contributed by atoms with Gasteiger partial charge in [-0.1, -0.05) is 18.2 Å². The molecule has 2 aromatic rings. The van der Waals surface area contributed by atoms with Crippen molar-refractivity contribution in [3.63, 3.8) is 0 Å². The molecule has 0 spiro atoms. The first kappa shape index (κ1) is 7.70. The highest BCUT2D eigenvalue weighted by atomic mass is 31.0. The van der Waals surface area contributed by atoms with Crippen LogP contribution in [0.4, 0.5) is 0 Å². The molecule has 1 aromatic carbocycles. The Morgan fingerprint density at radius 1 is 1.17 bits per heavy atom. The maximum atomic E-state index is 4.24. The lowest BCUT2D eigenvalue weighted by molar-refractivity contribution is 1.24. The van der Waals surface area contributed by atoms with Crippen molar-refractivity contribution in [2.24, 2.45) is 0 Å². The molecule has 0 amide bonds. The largest absolute Gasteiger partial charge is 0.261 e. The van der Waals surface area contributed by atoms with E-state index in [2.05, 4.69) is 32.4 Å². The summed E-state index contributed by atoms with van der Waals surface area (Å²) in [5.74, 6) is 0. The zero-order chi connectivity index (χ0) is 8.55. The van der Waals surface area contributed by atoms with Gasteiger partial charge in [-0.25, -0.2) is 0 Å². The molecule has 0 aliphatic heterocycles. The predicted molar refractivity (Wildman–Crippen MR) is 55.8 cm³/mol. The van der Waals surface area contributed by atoms with E-state index < -0.39 is 0 Å². The third-order valence-corrected chi connectivity index (χ3v) is 2.54. The van der Waals surface area contributed by atoms with Crippen LogP contribution in [0.15, 0.2) is 30.5 Å². The van der Waals surface area contributed by atoms with Gasteiger partial charge in [-0.2, -0.15) is 0 Å². The highest BCUT2D eigenvalue weighted by Crippen LogP contribution is 2.15. The minimum absolute atomic E-state index is 1.09. The number of rotatable bonds is 0. The normalized spacial score (nSPS) is 10.5. The summed E-state index contributed by atoms with van der Waals surface area (Å²) in [5, 5.41) is 3.75. The molecular formula is C10H10NP. The Balaban J connectivity index is 2.94. The Morgan fingerprint density at radius 2 is 2.00 bits per heavy atom. The Morgan fingerprint density at radius 3 is 2.75 bits per heavy atom. The summed E-state index contributed by atoms with van der Waals surface area (Å²) in [6, 6.07) is 8.29. The molecule has 1 unspecified atom stereocenters. The van der Waals surface area contributed by atoms with Crippen LogP contribution in [0.3, 0.4) is 0 Å². The van der Waals surface area contributed by atoms with Crippen LogP contribution >= 0.6 is 9.24 Å². The van der Waals surface area contributed by atoms with Gasteiger partial charge in [-0.05, 0) is 23.7 Å². The average Bonchev–Trinajstić information content (AvgIpc) is 2.07. The van der Waals surface area contributed by atoms with Gasteiger partial charge in [-0.15, -0.1) is 9.24 Å². The number of hydrogen-bond donors (Lipinski definition) is 0. The molecule has 2 heteroatoms. The van der Waals surface area contributed by atoms with Gasteiger partial charge in [0, 0.05) is 17.3 Å². The summed E-state index contributed by atoms with van der Waals surface area (Å²) in [7, 11) is 2.74. The first-order chi connectivity index (χ1) is 5.79. The molecule has 0 N–H and O–H groups in total. The minimum atomic E-state index is 1.09. The highest BCUT2D eigenvalue weighted by Gasteiger charge is 1.98. The number of pyridine rings is 1. The average molecular weight is 175 g/mol. The monoisotopic (exact) mass is 175 g/mol. The molecule has 1 nitrogen and oxygen atoms in total. The van der Waals surface area contributed by atoms with Gasteiger partial charge >= 0.3 is 0 Å². The van der Waals surface area contributed by atoms with Crippen LogP contribution in [0.25, 0.3) is 10.8 Å². The van der Waals surface area contributed by atoms with Gasteiger partial charge in [0.05, 0.1) is 0 Å². The molecular weight excluding hydrogens is 165 g/mol. The van der Waals surface area contributed by atoms with Crippen LogP contribution < -0.4 is 5.30 Å². The Bertz CT molecular complexity index is 382. The van der Waals surface area contributed by atoms with Crippen molar-refractivity contribution in [1.82, 2.24) is 4.98 Å². The van der Waals surface area contributed by atoms with Crippen LogP contribution in [0.2, 0.25) is 0 Å². The third kappa shape index (κ3) is 1.11. The summed E-state index contributed by atoms with van der Waals surface area (Å²) < 4.78 is 0. The van der Waals surface area contributed by atoms with E-state index in [4.69, 9.17) is 0 Å². The maximum Gasteiger partial charge on any atom is 0.0451 e. The molecule has 60 valence electrons. The summed E-state index contributed by atoms with van der Waals surface area (Å²) >= 11 is 0. The van der Waals surface area contributed by atoms with Gasteiger partial charge in [-0.3, -0.25) is 4.98 Å². The van der Waals surface area contributed by atoms with Crippen molar-refractivity contribution in [3.05, 3.63) is 36.2 Å². The van der Waals surface area contributed by atoms with Gasteiger partial charge in [0.25, 0.3) is 0 Å². The van der Waals surface area contributed by atoms with Gasteiger partial charge in [0.1, 0.15) is 0 Å². The van der Waals surface area contributed by atoms with Crippen molar-refractivity contribution < 1.29 is 0 Å². The van der Waals surface area contributed by atoms with Crippen LogP contribution in [0, 0.1) is 6.92 Å². The van der Waals surface area contributed by atoms with Crippen LogP contribution in [0.5, 0.6) is 0 Å². The van der Waals surface area contributed by atoms with Crippen molar-refractivity contribution in [3.8, 4) is 0 Å². The topological polar surface area (TPSA) is 12.9 Å². The zero-order valence-corrected chi connectivity index (χ0v) is 8.07. The van der Waals surface area contributed by atoms with Crippen molar-refractivity contribution >= 4 is 25.3 Å². The second kappa shape index (κ2) is 2.84. The highest BCUT2D eigenvalue weighted by molar-refractivity contribution is 7.28. The Hall–Kier alpha value is -0.940. The second-order valence-electron chi connectivity index (χ2n) is 2.84. The SMILES string of the molecule is Cc1nccc2c(P)cccc12. The summed E-state index contributed by atoms with van der Waals surface area (Å²) in [5.41, 5.74) is 1.09. The molecule has 2 rings (SSSR count). The summed E-state index contributed by atoms with van der Waals surface area (Å²) in [6.45, 7) is 2.03. The van der Waals surface area contributed by atoms with Crippen LogP contribution in [0.1, 0.15) is 5.69 Å². The van der Waals surface area contributed by atoms with E-state index in [9.17, 15) is 0 Å². The third-order valence-electron chi connectivity index (χ3n) is 2.04.